The van der Waals surface area contributed by atoms with Crippen molar-refractivity contribution in [2.45, 2.75) is 25.9 Å². The number of rotatable bonds is 3. The van der Waals surface area contributed by atoms with Gasteiger partial charge in [0.2, 0.25) is 0 Å². The van der Waals surface area contributed by atoms with Gasteiger partial charge < -0.3 is 5.32 Å². The summed E-state index contributed by atoms with van der Waals surface area (Å²) in [6, 6.07) is 13.9. The van der Waals surface area contributed by atoms with Gasteiger partial charge >= 0.3 is 0 Å². The third kappa shape index (κ3) is 3.31. The van der Waals surface area contributed by atoms with Crippen LogP contribution in [0.5, 0.6) is 0 Å². The van der Waals surface area contributed by atoms with Crippen LogP contribution in [0.4, 0.5) is 0 Å². The number of carbonyl (C=O) groups is 1. The molecule has 3 rings (SSSR count). The summed E-state index contributed by atoms with van der Waals surface area (Å²) in [5, 5.41) is 9.43. The number of nitrogens with one attached hydrogen (secondary N) is 1. The van der Waals surface area contributed by atoms with Crippen molar-refractivity contribution in [3.05, 3.63) is 66.0 Å². The normalized spacial score (nSPS) is 17.2. The summed E-state index contributed by atoms with van der Waals surface area (Å²) in [5.74, 6) is 0.570. The maximum absolute atomic E-state index is 12.1. The summed E-state index contributed by atoms with van der Waals surface area (Å²) in [4.78, 5) is 16.0. The molecular weight excluding hydrogens is 276 g/mol. The van der Waals surface area contributed by atoms with Crippen LogP contribution in [0.15, 0.2) is 60.0 Å². The van der Waals surface area contributed by atoms with Gasteiger partial charge in [-0.3, -0.25) is 14.8 Å². The van der Waals surface area contributed by atoms with Crippen molar-refractivity contribution in [3.8, 4) is 0 Å². The highest BCUT2D eigenvalue weighted by Crippen LogP contribution is 2.17. The molecule has 0 bridgehead atoms. The molecule has 1 atom stereocenters. The molecule has 0 saturated heterocycles. The van der Waals surface area contributed by atoms with E-state index in [4.69, 9.17) is 0 Å². The van der Waals surface area contributed by atoms with Crippen molar-refractivity contribution in [2.75, 3.05) is 0 Å². The van der Waals surface area contributed by atoms with Gasteiger partial charge in [-0.1, -0.05) is 30.3 Å². The van der Waals surface area contributed by atoms with E-state index in [0.29, 0.717) is 11.4 Å². The number of nitrogens with zero attached hydrogens (tertiary/aromatic N) is 3. The number of carbonyl (C=O) groups excluding carboxylic acids is 1. The summed E-state index contributed by atoms with van der Waals surface area (Å²) < 4.78 is 0. The van der Waals surface area contributed by atoms with Crippen LogP contribution in [0.1, 0.15) is 29.3 Å². The quantitative estimate of drug-likeness (QED) is 0.946. The van der Waals surface area contributed by atoms with Crippen molar-refractivity contribution in [1.29, 1.82) is 0 Å². The Morgan fingerprint density at radius 2 is 1.95 bits per heavy atom. The zero-order chi connectivity index (χ0) is 15.4. The Morgan fingerprint density at radius 1 is 1.23 bits per heavy atom. The van der Waals surface area contributed by atoms with E-state index in [-0.39, 0.29) is 11.9 Å². The number of hydrogen-bond donors (Lipinski definition) is 1. The monoisotopic (exact) mass is 294 g/mol. The molecule has 0 fully saturated rings. The third-order valence-electron chi connectivity index (χ3n) is 3.63. The molecule has 1 amide bonds. The summed E-state index contributed by atoms with van der Waals surface area (Å²) in [6.45, 7) is 2.86. The number of hydrogen-bond acceptors (Lipinski definition) is 4. The maximum atomic E-state index is 12.1. The van der Waals surface area contributed by atoms with Gasteiger partial charge in [0, 0.05) is 24.4 Å². The molecule has 2 heterocycles. The van der Waals surface area contributed by atoms with Gasteiger partial charge in [0.15, 0.2) is 0 Å². The van der Waals surface area contributed by atoms with Gasteiger partial charge in [-0.05, 0) is 24.6 Å². The van der Waals surface area contributed by atoms with E-state index in [0.717, 1.165) is 13.0 Å². The molecule has 1 aromatic heterocycles. The van der Waals surface area contributed by atoms with Gasteiger partial charge in [0.25, 0.3) is 5.91 Å². The molecule has 1 unspecified atom stereocenters. The van der Waals surface area contributed by atoms with Crippen molar-refractivity contribution in [2.24, 2.45) is 5.10 Å². The second-order valence-electron chi connectivity index (χ2n) is 5.37. The molecule has 0 saturated carbocycles. The zero-order valence-electron chi connectivity index (χ0n) is 12.4. The Morgan fingerprint density at radius 3 is 2.68 bits per heavy atom. The van der Waals surface area contributed by atoms with Crippen LogP contribution in [0.25, 0.3) is 0 Å². The van der Waals surface area contributed by atoms with E-state index in [1.807, 2.05) is 23.2 Å². The van der Waals surface area contributed by atoms with Gasteiger partial charge in [-0.25, -0.2) is 0 Å². The predicted molar refractivity (Wildman–Crippen MR) is 85.2 cm³/mol. The highest BCUT2D eigenvalue weighted by atomic mass is 16.1. The third-order valence-corrected chi connectivity index (χ3v) is 3.63. The number of pyridine rings is 1. The number of benzene rings is 1. The molecule has 112 valence electrons. The molecule has 22 heavy (non-hydrogen) atoms. The van der Waals surface area contributed by atoms with E-state index in [2.05, 4.69) is 34.5 Å². The van der Waals surface area contributed by atoms with Crippen molar-refractivity contribution >= 4 is 11.7 Å². The molecule has 1 aliphatic heterocycles. The second kappa shape index (κ2) is 6.39. The molecule has 0 spiro atoms. The van der Waals surface area contributed by atoms with Crippen LogP contribution < -0.4 is 5.32 Å². The molecule has 0 radical (unpaired) electrons. The Kier molecular flexibility index (Phi) is 4.14. The van der Waals surface area contributed by atoms with E-state index in [1.54, 1.807) is 24.5 Å². The number of amides is 1. The highest BCUT2D eigenvalue weighted by Gasteiger charge is 2.24. The lowest BCUT2D eigenvalue weighted by molar-refractivity contribution is 0.0976. The standard InChI is InChI=1S/C17H18N4O/c1-13-11-16(19-17(22)15-7-9-18-10-8-15)20-21(13)12-14-5-3-2-4-6-14/h2-10,13H,11-12H2,1H3,(H,19,20,22). The fraction of sp³-hybridized carbons (Fsp3) is 0.235. The Bertz CT molecular complexity index is 670. The SMILES string of the molecule is CC1CC(NC(=O)c2ccncc2)=NN1Cc1ccccc1. The largest absolute Gasteiger partial charge is 0.309 e. The highest BCUT2D eigenvalue weighted by molar-refractivity contribution is 6.06. The van der Waals surface area contributed by atoms with Gasteiger partial charge in [0.05, 0.1) is 12.6 Å². The average molecular weight is 294 g/mol. The minimum Gasteiger partial charge on any atom is -0.309 e. The van der Waals surface area contributed by atoms with Crippen molar-refractivity contribution in [1.82, 2.24) is 15.3 Å². The predicted octanol–water partition coefficient (Wildman–Crippen LogP) is 2.42. The van der Waals surface area contributed by atoms with E-state index in [9.17, 15) is 4.79 Å². The first-order valence-electron chi connectivity index (χ1n) is 7.32. The van der Waals surface area contributed by atoms with E-state index in [1.165, 1.54) is 5.56 Å². The molecule has 1 aromatic carbocycles. The van der Waals surface area contributed by atoms with Crippen molar-refractivity contribution < 1.29 is 4.79 Å². The molecule has 5 nitrogen and oxygen atoms in total. The van der Waals surface area contributed by atoms with E-state index >= 15 is 0 Å². The fourth-order valence-electron chi connectivity index (χ4n) is 2.42. The first-order chi connectivity index (χ1) is 10.7. The number of aromatic nitrogens is 1. The van der Waals surface area contributed by atoms with E-state index < -0.39 is 0 Å². The molecule has 1 N–H and O–H groups in total. The van der Waals surface area contributed by atoms with Crippen molar-refractivity contribution in [3.63, 3.8) is 0 Å². The average Bonchev–Trinajstić information content (AvgIpc) is 2.88. The Labute approximate surface area is 129 Å². The topological polar surface area (TPSA) is 57.6 Å². The first-order valence-corrected chi connectivity index (χ1v) is 7.32. The lowest BCUT2D eigenvalue weighted by Crippen LogP contribution is -2.30. The lowest BCUT2D eigenvalue weighted by atomic mass is 10.2. The fourth-order valence-corrected chi connectivity index (χ4v) is 2.42. The minimum atomic E-state index is -0.144. The number of amidine groups is 1. The molecule has 1 aliphatic rings. The molecule has 2 aromatic rings. The smallest absolute Gasteiger partial charge is 0.256 e. The summed E-state index contributed by atoms with van der Waals surface area (Å²) in [5.41, 5.74) is 1.80. The second-order valence-corrected chi connectivity index (χ2v) is 5.37. The molecule has 5 heteroatoms. The molecule has 0 aliphatic carbocycles. The summed E-state index contributed by atoms with van der Waals surface area (Å²) >= 11 is 0. The van der Waals surface area contributed by atoms with Crippen LogP contribution in [0, 0.1) is 0 Å². The van der Waals surface area contributed by atoms with Crippen LogP contribution in [0.2, 0.25) is 0 Å². The van der Waals surface area contributed by atoms with Gasteiger partial charge in [0.1, 0.15) is 5.84 Å². The van der Waals surface area contributed by atoms with Crippen LogP contribution in [0.3, 0.4) is 0 Å². The molecular formula is C17H18N4O. The Balaban J connectivity index is 1.65. The van der Waals surface area contributed by atoms with Gasteiger partial charge in [-0.2, -0.15) is 5.10 Å². The Hall–Kier alpha value is -2.69. The van der Waals surface area contributed by atoms with Crippen LogP contribution in [-0.2, 0) is 6.54 Å². The summed E-state index contributed by atoms with van der Waals surface area (Å²) in [6.07, 6.45) is 3.95. The van der Waals surface area contributed by atoms with Crippen LogP contribution in [-0.4, -0.2) is 27.8 Å². The maximum Gasteiger partial charge on any atom is 0.256 e. The zero-order valence-corrected chi connectivity index (χ0v) is 12.4. The lowest BCUT2D eigenvalue weighted by Gasteiger charge is -2.19. The number of hydrazone groups is 1. The summed E-state index contributed by atoms with van der Waals surface area (Å²) in [7, 11) is 0. The van der Waals surface area contributed by atoms with Crippen LogP contribution >= 0.6 is 0 Å². The first kappa shape index (κ1) is 14.3. The minimum absolute atomic E-state index is 0.144. The van der Waals surface area contributed by atoms with Gasteiger partial charge in [-0.15, -0.1) is 0 Å².